The summed E-state index contributed by atoms with van der Waals surface area (Å²) >= 11 is 0. The number of nitrogens with one attached hydrogen (secondary N) is 1. The maximum Gasteiger partial charge on any atom is 0.248 e. The van der Waals surface area contributed by atoms with Crippen LogP contribution in [0, 0.1) is 6.92 Å². The van der Waals surface area contributed by atoms with Gasteiger partial charge in [0.1, 0.15) is 0 Å². The first-order valence-electron chi connectivity index (χ1n) is 5.11. The van der Waals surface area contributed by atoms with Gasteiger partial charge in [0.25, 0.3) is 0 Å². The van der Waals surface area contributed by atoms with Crippen molar-refractivity contribution >= 4 is 15.8 Å². The van der Waals surface area contributed by atoms with E-state index in [1.165, 1.54) is 6.92 Å². The second-order valence-electron chi connectivity index (χ2n) is 3.64. The molecule has 0 fully saturated rings. The molecule has 0 saturated heterocycles. The van der Waals surface area contributed by atoms with E-state index in [1.54, 1.807) is 24.5 Å². The van der Waals surface area contributed by atoms with Gasteiger partial charge in [-0.1, -0.05) is 11.2 Å². The molecule has 3 N–H and O–H groups in total. The lowest BCUT2D eigenvalue weighted by Crippen LogP contribution is -2.24. The van der Waals surface area contributed by atoms with Crippen LogP contribution in [0.25, 0.3) is 0 Å². The summed E-state index contributed by atoms with van der Waals surface area (Å²) in [5.41, 5.74) is 6.20. The molecule has 0 aliphatic heterocycles. The SMILES string of the molecule is Cc1onc(N)c1S(=O)(=O)NCc1cccnc1. The minimum absolute atomic E-state index is 0.119. The number of hydrogen-bond acceptors (Lipinski definition) is 6. The topological polar surface area (TPSA) is 111 Å². The van der Waals surface area contributed by atoms with Gasteiger partial charge in [-0.05, 0) is 18.6 Å². The quantitative estimate of drug-likeness (QED) is 0.832. The molecule has 0 atom stereocenters. The van der Waals surface area contributed by atoms with Crippen molar-refractivity contribution in [2.45, 2.75) is 18.4 Å². The third-order valence-corrected chi connectivity index (χ3v) is 3.85. The van der Waals surface area contributed by atoms with E-state index in [9.17, 15) is 8.42 Å². The molecule has 2 aromatic heterocycles. The highest BCUT2D eigenvalue weighted by atomic mass is 32.2. The maximum absolute atomic E-state index is 12.0. The summed E-state index contributed by atoms with van der Waals surface area (Å²) in [5, 5.41) is 3.41. The van der Waals surface area contributed by atoms with Crippen molar-refractivity contribution in [1.82, 2.24) is 14.9 Å². The first-order valence-corrected chi connectivity index (χ1v) is 6.59. The fourth-order valence-corrected chi connectivity index (χ4v) is 2.69. The molecular weight excluding hydrogens is 256 g/mol. The van der Waals surface area contributed by atoms with Crippen molar-refractivity contribution in [3.05, 3.63) is 35.9 Å². The van der Waals surface area contributed by atoms with Crippen molar-refractivity contribution in [2.24, 2.45) is 0 Å². The number of nitrogen functional groups attached to an aromatic ring is 1. The number of anilines is 1. The zero-order chi connectivity index (χ0) is 13.2. The average molecular weight is 268 g/mol. The van der Waals surface area contributed by atoms with E-state index in [0.717, 1.165) is 5.56 Å². The van der Waals surface area contributed by atoms with E-state index in [-0.39, 0.29) is 23.0 Å². The van der Waals surface area contributed by atoms with Crippen LogP contribution in [0.1, 0.15) is 11.3 Å². The standard InChI is InChI=1S/C10H12N4O3S/c1-7-9(10(11)14-17-7)18(15,16)13-6-8-3-2-4-12-5-8/h2-5,13H,6H2,1H3,(H2,11,14). The van der Waals surface area contributed by atoms with Crippen molar-refractivity contribution in [3.8, 4) is 0 Å². The Hall–Kier alpha value is -1.93. The van der Waals surface area contributed by atoms with Crippen LogP contribution in [0.2, 0.25) is 0 Å². The number of rotatable bonds is 4. The van der Waals surface area contributed by atoms with Crippen LogP contribution in [0.3, 0.4) is 0 Å². The smallest absolute Gasteiger partial charge is 0.248 e. The number of nitrogens with zero attached hydrogens (tertiary/aromatic N) is 2. The summed E-state index contributed by atoms with van der Waals surface area (Å²) in [6.45, 7) is 1.61. The van der Waals surface area contributed by atoms with Gasteiger partial charge in [-0.15, -0.1) is 0 Å². The maximum atomic E-state index is 12.0. The molecule has 2 heterocycles. The molecule has 0 aliphatic carbocycles. The Labute approximate surface area is 104 Å². The predicted octanol–water partition coefficient (Wildman–Crippen LogP) is 0.439. The number of hydrogen-bond donors (Lipinski definition) is 2. The molecule has 0 spiro atoms. The fourth-order valence-electron chi connectivity index (χ4n) is 1.46. The van der Waals surface area contributed by atoms with Gasteiger partial charge in [-0.3, -0.25) is 4.98 Å². The highest BCUT2D eigenvalue weighted by molar-refractivity contribution is 7.89. The second-order valence-corrected chi connectivity index (χ2v) is 5.34. The van der Waals surface area contributed by atoms with Crippen LogP contribution in [-0.2, 0) is 16.6 Å². The summed E-state index contributed by atoms with van der Waals surface area (Å²) in [7, 11) is -3.74. The van der Waals surface area contributed by atoms with Crippen molar-refractivity contribution in [2.75, 3.05) is 5.73 Å². The number of nitrogens with two attached hydrogens (primary N) is 1. The van der Waals surface area contributed by atoms with Gasteiger partial charge in [-0.25, -0.2) is 13.1 Å². The molecule has 0 radical (unpaired) electrons. The van der Waals surface area contributed by atoms with Crippen molar-refractivity contribution in [3.63, 3.8) is 0 Å². The van der Waals surface area contributed by atoms with Crippen LogP contribution in [0.5, 0.6) is 0 Å². The molecule has 18 heavy (non-hydrogen) atoms. The minimum atomic E-state index is -3.74. The van der Waals surface area contributed by atoms with Gasteiger partial charge in [0.15, 0.2) is 16.5 Å². The molecular formula is C10H12N4O3S. The Balaban J connectivity index is 2.19. The zero-order valence-corrected chi connectivity index (χ0v) is 10.4. The number of sulfonamides is 1. The Kier molecular flexibility index (Phi) is 3.30. The monoisotopic (exact) mass is 268 g/mol. The molecule has 0 saturated carbocycles. The second kappa shape index (κ2) is 4.75. The molecule has 0 aromatic carbocycles. The van der Waals surface area contributed by atoms with E-state index >= 15 is 0 Å². The van der Waals surface area contributed by atoms with Gasteiger partial charge in [0, 0.05) is 18.9 Å². The Morgan fingerprint density at radius 1 is 1.50 bits per heavy atom. The van der Waals surface area contributed by atoms with Gasteiger partial charge >= 0.3 is 0 Å². The fraction of sp³-hybridized carbons (Fsp3) is 0.200. The van der Waals surface area contributed by atoms with Gasteiger partial charge in [0.05, 0.1) is 0 Å². The van der Waals surface area contributed by atoms with Crippen molar-refractivity contribution in [1.29, 1.82) is 0 Å². The van der Waals surface area contributed by atoms with Crippen LogP contribution in [0.15, 0.2) is 33.9 Å². The van der Waals surface area contributed by atoms with E-state index in [2.05, 4.69) is 14.9 Å². The molecule has 2 rings (SSSR count). The Bertz CT molecular complexity index is 617. The van der Waals surface area contributed by atoms with E-state index in [4.69, 9.17) is 10.3 Å². The molecule has 7 nitrogen and oxygen atoms in total. The van der Waals surface area contributed by atoms with Gasteiger partial charge in [-0.2, -0.15) is 0 Å². The van der Waals surface area contributed by atoms with Crippen LogP contribution in [-0.4, -0.2) is 18.6 Å². The minimum Gasteiger partial charge on any atom is -0.380 e. The highest BCUT2D eigenvalue weighted by Gasteiger charge is 2.24. The van der Waals surface area contributed by atoms with Crippen molar-refractivity contribution < 1.29 is 12.9 Å². The van der Waals surface area contributed by atoms with E-state index in [0.29, 0.717) is 0 Å². The largest absolute Gasteiger partial charge is 0.380 e. The van der Waals surface area contributed by atoms with Gasteiger partial charge in [0.2, 0.25) is 10.0 Å². The number of aromatic nitrogens is 2. The summed E-state index contributed by atoms with van der Waals surface area (Å²) in [6.07, 6.45) is 3.19. The lowest BCUT2D eigenvalue weighted by atomic mass is 10.3. The first-order chi connectivity index (χ1) is 8.50. The molecule has 2 aromatic rings. The number of pyridine rings is 1. The molecule has 0 aliphatic rings. The van der Waals surface area contributed by atoms with E-state index in [1.807, 2.05) is 0 Å². The third kappa shape index (κ3) is 2.49. The summed E-state index contributed by atoms with van der Waals surface area (Å²) in [6, 6.07) is 3.49. The summed E-state index contributed by atoms with van der Waals surface area (Å²) in [4.78, 5) is 3.77. The van der Waals surface area contributed by atoms with Crippen LogP contribution in [0.4, 0.5) is 5.82 Å². The molecule has 0 bridgehead atoms. The van der Waals surface area contributed by atoms with Crippen LogP contribution >= 0.6 is 0 Å². The summed E-state index contributed by atoms with van der Waals surface area (Å²) in [5.74, 6) is 0.0115. The normalized spacial score (nSPS) is 11.6. The zero-order valence-electron chi connectivity index (χ0n) is 9.62. The molecule has 8 heteroatoms. The average Bonchev–Trinajstić information content (AvgIpc) is 2.69. The first kappa shape index (κ1) is 12.5. The van der Waals surface area contributed by atoms with E-state index < -0.39 is 10.0 Å². The Morgan fingerprint density at radius 3 is 2.83 bits per heavy atom. The molecule has 0 amide bonds. The van der Waals surface area contributed by atoms with Gasteiger partial charge < -0.3 is 10.3 Å². The van der Waals surface area contributed by atoms with Crippen LogP contribution < -0.4 is 10.5 Å². The predicted molar refractivity (Wildman–Crippen MR) is 63.9 cm³/mol. The summed E-state index contributed by atoms with van der Waals surface area (Å²) < 4.78 is 31.1. The lowest BCUT2D eigenvalue weighted by molar-refractivity contribution is 0.396. The molecule has 96 valence electrons. The number of aryl methyl sites for hydroxylation is 1. The lowest BCUT2D eigenvalue weighted by Gasteiger charge is -2.05. The molecule has 0 unspecified atom stereocenters. The highest BCUT2D eigenvalue weighted by Crippen LogP contribution is 2.21. The Morgan fingerprint density at radius 2 is 2.28 bits per heavy atom. The third-order valence-electron chi connectivity index (χ3n) is 2.29.